The molecule has 3 nitrogen and oxygen atoms in total. The number of Topliss-reactive ketones (excluding diaryl/α,β-unsaturated/α-hetero) is 1. The number of benzene rings is 1. The summed E-state index contributed by atoms with van der Waals surface area (Å²) in [6, 6.07) is 3.63. The highest BCUT2D eigenvalue weighted by Crippen LogP contribution is 2.32. The van der Waals surface area contributed by atoms with Gasteiger partial charge in [-0.2, -0.15) is 0 Å². The van der Waals surface area contributed by atoms with E-state index in [4.69, 9.17) is 22.3 Å². The van der Waals surface area contributed by atoms with Crippen molar-refractivity contribution < 1.29 is 14.3 Å². The Morgan fingerprint density at radius 2 is 1.44 bits per heavy atom. The van der Waals surface area contributed by atoms with Crippen molar-refractivity contribution in [1.29, 1.82) is 0 Å². The quantitative estimate of drug-likeness (QED) is 0.311. The number of carbonyl (C=O) groups excluding carboxylic acids is 1. The largest absolute Gasteiger partial charge is 0.493 e. The van der Waals surface area contributed by atoms with Gasteiger partial charge in [-0.15, -0.1) is 24.7 Å². The predicted molar refractivity (Wildman–Crippen MR) is 102 cm³/mol. The van der Waals surface area contributed by atoms with Crippen LogP contribution in [0.15, 0.2) is 12.1 Å². The molecule has 0 aliphatic rings. The maximum absolute atomic E-state index is 11.8. The van der Waals surface area contributed by atoms with E-state index in [1.54, 1.807) is 6.92 Å². The summed E-state index contributed by atoms with van der Waals surface area (Å²) in [4.78, 5) is 11.8. The summed E-state index contributed by atoms with van der Waals surface area (Å²) >= 11 is 0. The molecule has 0 saturated carbocycles. The van der Waals surface area contributed by atoms with Crippen molar-refractivity contribution in [3.63, 3.8) is 0 Å². The van der Waals surface area contributed by atoms with Crippen molar-refractivity contribution in [2.75, 3.05) is 13.2 Å². The molecule has 0 unspecified atom stereocenters. The first-order valence-corrected chi connectivity index (χ1v) is 8.94. The van der Waals surface area contributed by atoms with Crippen molar-refractivity contribution >= 4 is 5.78 Å². The minimum Gasteiger partial charge on any atom is -0.493 e. The first-order chi connectivity index (χ1) is 12.1. The van der Waals surface area contributed by atoms with Crippen LogP contribution in [0.1, 0.15) is 68.3 Å². The second-order valence-corrected chi connectivity index (χ2v) is 5.88. The fourth-order valence-corrected chi connectivity index (χ4v) is 2.45. The van der Waals surface area contributed by atoms with Gasteiger partial charge in [0.1, 0.15) is 11.5 Å². The third-order valence-corrected chi connectivity index (χ3v) is 3.87. The lowest BCUT2D eigenvalue weighted by Crippen LogP contribution is -2.06. The number of hydrogen-bond acceptors (Lipinski definition) is 3. The van der Waals surface area contributed by atoms with Crippen LogP contribution in [0.25, 0.3) is 0 Å². The SMILES string of the molecule is C#CCCCCOc1cc(C(C)=O)cc(OCCCCC#C)c1CC. The van der Waals surface area contributed by atoms with Crippen LogP contribution in [-0.4, -0.2) is 19.0 Å². The van der Waals surface area contributed by atoms with E-state index >= 15 is 0 Å². The average molecular weight is 340 g/mol. The molecule has 0 amide bonds. The van der Waals surface area contributed by atoms with Gasteiger partial charge in [-0.3, -0.25) is 4.79 Å². The van der Waals surface area contributed by atoms with Crippen molar-refractivity contribution in [1.82, 2.24) is 0 Å². The van der Waals surface area contributed by atoms with Gasteiger partial charge in [0, 0.05) is 24.0 Å². The summed E-state index contributed by atoms with van der Waals surface area (Å²) in [5, 5.41) is 0. The smallest absolute Gasteiger partial charge is 0.160 e. The summed E-state index contributed by atoms with van der Waals surface area (Å²) in [5.74, 6) is 6.71. The highest BCUT2D eigenvalue weighted by atomic mass is 16.5. The Kier molecular flexibility index (Phi) is 9.95. The summed E-state index contributed by atoms with van der Waals surface area (Å²) in [7, 11) is 0. The summed E-state index contributed by atoms with van der Waals surface area (Å²) < 4.78 is 11.8. The molecule has 0 saturated heterocycles. The Balaban J connectivity index is 2.84. The zero-order valence-electron chi connectivity index (χ0n) is 15.4. The van der Waals surface area contributed by atoms with Crippen LogP contribution in [-0.2, 0) is 6.42 Å². The van der Waals surface area contributed by atoms with Crippen LogP contribution in [0, 0.1) is 24.7 Å². The van der Waals surface area contributed by atoms with E-state index in [0.29, 0.717) is 18.8 Å². The number of unbranched alkanes of at least 4 members (excludes halogenated alkanes) is 4. The molecule has 1 aromatic rings. The Hall–Kier alpha value is -2.39. The summed E-state index contributed by atoms with van der Waals surface area (Å²) in [6.45, 7) is 4.77. The normalized spacial score (nSPS) is 9.92. The number of terminal acetylenes is 2. The van der Waals surface area contributed by atoms with Gasteiger partial charge in [0.05, 0.1) is 13.2 Å². The van der Waals surface area contributed by atoms with Crippen molar-refractivity contribution in [2.45, 2.75) is 58.8 Å². The summed E-state index contributed by atoms with van der Waals surface area (Å²) in [6.07, 6.45) is 16.5. The van der Waals surface area contributed by atoms with Crippen LogP contribution in [0.4, 0.5) is 0 Å². The fourth-order valence-electron chi connectivity index (χ4n) is 2.45. The molecule has 1 aromatic carbocycles. The molecular formula is C22H28O3. The topological polar surface area (TPSA) is 35.5 Å². The number of hydrogen-bond donors (Lipinski definition) is 0. The zero-order valence-corrected chi connectivity index (χ0v) is 15.4. The molecule has 0 heterocycles. The van der Waals surface area contributed by atoms with Crippen LogP contribution >= 0.6 is 0 Å². The van der Waals surface area contributed by atoms with Crippen molar-refractivity contribution in [2.24, 2.45) is 0 Å². The van der Waals surface area contributed by atoms with Gasteiger partial charge in [-0.05, 0) is 51.2 Å². The standard InChI is InChI=1S/C22H28O3/c1-5-8-10-12-14-24-21-16-19(18(4)23)17-22(20(21)7-3)25-15-13-11-9-6-2/h1-2,16-17H,7-15H2,3-4H3. The Labute approximate surface area is 152 Å². The van der Waals surface area contributed by atoms with E-state index < -0.39 is 0 Å². The highest BCUT2D eigenvalue weighted by molar-refractivity contribution is 5.95. The molecule has 0 radical (unpaired) electrons. The van der Waals surface area contributed by atoms with Gasteiger partial charge in [-0.25, -0.2) is 0 Å². The molecule has 0 aliphatic carbocycles. The third-order valence-electron chi connectivity index (χ3n) is 3.87. The number of ketones is 1. The molecule has 0 atom stereocenters. The molecule has 1 rings (SSSR count). The van der Waals surface area contributed by atoms with Crippen LogP contribution in [0.5, 0.6) is 11.5 Å². The maximum Gasteiger partial charge on any atom is 0.160 e. The minimum atomic E-state index is -0.00276. The van der Waals surface area contributed by atoms with Gasteiger partial charge < -0.3 is 9.47 Å². The van der Waals surface area contributed by atoms with Gasteiger partial charge in [-0.1, -0.05) is 6.92 Å². The molecule has 25 heavy (non-hydrogen) atoms. The van der Waals surface area contributed by atoms with Crippen molar-refractivity contribution in [3.05, 3.63) is 23.3 Å². The summed E-state index contributed by atoms with van der Waals surface area (Å²) in [5.41, 5.74) is 1.60. The second-order valence-electron chi connectivity index (χ2n) is 5.88. The lowest BCUT2D eigenvalue weighted by atomic mass is 10.0. The molecule has 0 aliphatic heterocycles. The predicted octanol–water partition coefficient (Wildman–Crippen LogP) is 4.82. The van der Waals surface area contributed by atoms with E-state index in [0.717, 1.165) is 62.0 Å². The second kappa shape index (κ2) is 12.0. The first kappa shape index (κ1) is 20.7. The number of carbonyl (C=O) groups is 1. The van der Waals surface area contributed by atoms with Crippen molar-refractivity contribution in [3.8, 4) is 36.2 Å². The Morgan fingerprint density at radius 1 is 0.960 bits per heavy atom. The van der Waals surface area contributed by atoms with Gasteiger partial charge in [0.15, 0.2) is 5.78 Å². The van der Waals surface area contributed by atoms with E-state index in [-0.39, 0.29) is 5.78 Å². The van der Waals surface area contributed by atoms with E-state index in [2.05, 4.69) is 18.8 Å². The fraction of sp³-hybridized carbons (Fsp3) is 0.500. The molecule has 0 fully saturated rings. The third kappa shape index (κ3) is 7.36. The molecular weight excluding hydrogens is 312 g/mol. The van der Waals surface area contributed by atoms with E-state index in [1.807, 2.05) is 12.1 Å². The molecule has 134 valence electrons. The van der Waals surface area contributed by atoms with Crippen LogP contribution in [0.2, 0.25) is 0 Å². The molecule has 0 bridgehead atoms. The maximum atomic E-state index is 11.8. The number of rotatable bonds is 12. The highest BCUT2D eigenvalue weighted by Gasteiger charge is 2.14. The Morgan fingerprint density at radius 3 is 1.80 bits per heavy atom. The lowest BCUT2D eigenvalue weighted by Gasteiger charge is -2.17. The molecule has 0 N–H and O–H groups in total. The molecule has 0 aromatic heterocycles. The van der Waals surface area contributed by atoms with Crippen LogP contribution in [0.3, 0.4) is 0 Å². The monoisotopic (exact) mass is 340 g/mol. The lowest BCUT2D eigenvalue weighted by molar-refractivity contribution is 0.101. The van der Waals surface area contributed by atoms with Gasteiger partial charge in [0.2, 0.25) is 0 Å². The van der Waals surface area contributed by atoms with E-state index in [9.17, 15) is 4.79 Å². The van der Waals surface area contributed by atoms with E-state index in [1.165, 1.54) is 0 Å². The zero-order chi connectivity index (χ0) is 18.5. The molecule has 0 spiro atoms. The minimum absolute atomic E-state index is 0.00276. The average Bonchev–Trinajstić information content (AvgIpc) is 2.60. The number of ether oxygens (including phenoxy) is 2. The van der Waals surface area contributed by atoms with Gasteiger partial charge >= 0.3 is 0 Å². The Bertz CT molecular complexity index is 587. The molecule has 3 heteroatoms. The first-order valence-electron chi connectivity index (χ1n) is 8.94. The van der Waals surface area contributed by atoms with Crippen LogP contribution < -0.4 is 9.47 Å². The van der Waals surface area contributed by atoms with Gasteiger partial charge in [0.25, 0.3) is 0 Å².